The zero-order valence-electron chi connectivity index (χ0n) is 22.8. The van der Waals surface area contributed by atoms with Crippen molar-refractivity contribution in [2.24, 2.45) is 0 Å². The Bertz CT molecular complexity index is 1420. The van der Waals surface area contributed by atoms with E-state index in [4.69, 9.17) is 0 Å². The Morgan fingerprint density at radius 1 is 0.500 bits per heavy atom. The fourth-order valence-electron chi connectivity index (χ4n) is 5.33. The quantitative estimate of drug-likeness (QED) is 0.148. The molecule has 4 nitrogen and oxygen atoms in total. The molecule has 1 aliphatic heterocycles. The smallest absolute Gasteiger partial charge is 0.0718 e. The molecule has 5 aromatic rings. The molecule has 0 radical (unpaired) electrons. The van der Waals surface area contributed by atoms with Gasteiger partial charge in [0.05, 0.1) is 22.7 Å². The normalized spacial score (nSPS) is 11.8. The van der Waals surface area contributed by atoms with E-state index < -0.39 is 0 Å². The summed E-state index contributed by atoms with van der Waals surface area (Å²) in [5.41, 5.74) is 10.7. The topological polar surface area (TPSA) is 39.3 Å². The van der Waals surface area contributed by atoms with Gasteiger partial charge < -0.3 is 20.9 Å². The predicted octanol–water partition coefficient (Wildman–Crippen LogP) is 9.30. The minimum Gasteiger partial charge on any atom is -0.385 e. The van der Waals surface area contributed by atoms with Crippen molar-refractivity contribution in [3.05, 3.63) is 139 Å². The van der Waals surface area contributed by atoms with Gasteiger partial charge in [-0.1, -0.05) is 78.9 Å². The van der Waals surface area contributed by atoms with Gasteiger partial charge in [-0.3, -0.25) is 0 Å². The van der Waals surface area contributed by atoms with Gasteiger partial charge in [0.2, 0.25) is 0 Å². The molecule has 0 aliphatic carbocycles. The maximum absolute atomic E-state index is 3.67. The van der Waals surface area contributed by atoms with Crippen LogP contribution in [0.3, 0.4) is 0 Å². The van der Waals surface area contributed by atoms with Gasteiger partial charge in [-0.05, 0) is 85.3 Å². The summed E-state index contributed by atoms with van der Waals surface area (Å²) < 4.78 is 0. The van der Waals surface area contributed by atoms with Gasteiger partial charge in [0.15, 0.2) is 0 Å². The molecule has 0 amide bonds. The summed E-state index contributed by atoms with van der Waals surface area (Å²) in [6.07, 6.45) is 4.32. The first-order chi connectivity index (χ1) is 19.8. The van der Waals surface area contributed by atoms with Crippen LogP contribution in [0, 0.1) is 0 Å². The van der Waals surface area contributed by atoms with Crippen LogP contribution in [-0.4, -0.2) is 13.1 Å². The second kappa shape index (κ2) is 12.4. The number of benzene rings is 5. The molecule has 40 heavy (non-hydrogen) atoms. The SMILES string of the molecule is c1ccc(CCCNc2ccc3c(c2)N(c2ccccc2)c2cc(NCCCc4ccccc4)ccc2N3)cc1. The zero-order valence-corrected chi connectivity index (χ0v) is 22.8. The van der Waals surface area contributed by atoms with E-state index in [-0.39, 0.29) is 0 Å². The lowest BCUT2D eigenvalue weighted by Gasteiger charge is -2.34. The van der Waals surface area contributed by atoms with Crippen LogP contribution in [0.2, 0.25) is 0 Å². The molecule has 5 aromatic carbocycles. The van der Waals surface area contributed by atoms with Crippen LogP contribution < -0.4 is 20.9 Å². The van der Waals surface area contributed by atoms with E-state index in [0.717, 1.165) is 78.6 Å². The Kier molecular flexibility index (Phi) is 7.95. The van der Waals surface area contributed by atoms with Crippen molar-refractivity contribution >= 4 is 39.8 Å². The molecule has 1 heterocycles. The molecule has 0 saturated carbocycles. The number of hydrogen-bond donors (Lipinski definition) is 3. The molecule has 0 fully saturated rings. The number of rotatable bonds is 11. The van der Waals surface area contributed by atoms with E-state index in [1.54, 1.807) is 0 Å². The first kappa shape index (κ1) is 25.6. The molecule has 0 unspecified atom stereocenters. The van der Waals surface area contributed by atoms with Crippen LogP contribution in [0.25, 0.3) is 0 Å². The fraction of sp³-hybridized carbons (Fsp3) is 0.167. The van der Waals surface area contributed by atoms with Crippen LogP contribution in [0.1, 0.15) is 24.0 Å². The lowest BCUT2D eigenvalue weighted by atomic mass is 10.1. The molecular weight excluding hydrogens is 488 g/mol. The summed E-state index contributed by atoms with van der Waals surface area (Å²) in [5, 5.41) is 11.0. The number of hydrogen-bond acceptors (Lipinski definition) is 4. The molecule has 4 heteroatoms. The summed E-state index contributed by atoms with van der Waals surface area (Å²) in [6.45, 7) is 1.86. The summed E-state index contributed by atoms with van der Waals surface area (Å²) in [7, 11) is 0. The van der Waals surface area contributed by atoms with E-state index >= 15 is 0 Å². The number of anilines is 7. The minimum atomic E-state index is 0.931. The second-order valence-electron chi connectivity index (χ2n) is 10.3. The van der Waals surface area contributed by atoms with Crippen molar-refractivity contribution in [3.8, 4) is 0 Å². The van der Waals surface area contributed by atoms with E-state index in [1.165, 1.54) is 11.1 Å². The number of fused-ring (bicyclic) bond motifs is 2. The molecule has 0 spiro atoms. The van der Waals surface area contributed by atoms with Crippen molar-refractivity contribution in [2.75, 3.05) is 33.9 Å². The molecule has 1 aliphatic rings. The van der Waals surface area contributed by atoms with E-state index in [9.17, 15) is 0 Å². The first-order valence-electron chi connectivity index (χ1n) is 14.3. The highest BCUT2D eigenvalue weighted by atomic mass is 15.2. The van der Waals surface area contributed by atoms with Crippen molar-refractivity contribution in [1.29, 1.82) is 0 Å². The Morgan fingerprint density at radius 2 is 0.950 bits per heavy atom. The van der Waals surface area contributed by atoms with Crippen molar-refractivity contribution in [1.82, 2.24) is 0 Å². The molecule has 0 bridgehead atoms. The average molecular weight is 525 g/mol. The van der Waals surface area contributed by atoms with Crippen LogP contribution in [0.4, 0.5) is 39.8 Å². The van der Waals surface area contributed by atoms with Gasteiger partial charge in [-0.15, -0.1) is 0 Å². The molecule has 0 atom stereocenters. The lowest BCUT2D eigenvalue weighted by Crippen LogP contribution is -2.18. The second-order valence-corrected chi connectivity index (χ2v) is 10.3. The average Bonchev–Trinajstić information content (AvgIpc) is 3.02. The summed E-state index contributed by atoms with van der Waals surface area (Å²) in [5.74, 6) is 0. The minimum absolute atomic E-state index is 0.931. The summed E-state index contributed by atoms with van der Waals surface area (Å²) >= 11 is 0. The van der Waals surface area contributed by atoms with Gasteiger partial charge in [0.1, 0.15) is 0 Å². The molecule has 0 saturated heterocycles. The van der Waals surface area contributed by atoms with Gasteiger partial charge in [-0.2, -0.15) is 0 Å². The van der Waals surface area contributed by atoms with Gasteiger partial charge in [0, 0.05) is 30.2 Å². The highest BCUT2D eigenvalue weighted by molar-refractivity contribution is 5.98. The molecule has 3 N–H and O–H groups in total. The predicted molar refractivity (Wildman–Crippen MR) is 171 cm³/mol. The van der Waals surface area contributed by atoms with Crippen LogP contribution in [0.5, 0.6) is 0 Å². The summed E-state index contributed by atoms with van der Waals surface area (Å²) in [4.78, 5) is 2.37. The van der Waals surface area contributed by atoms with Crippen LogP contribution in [-0.2, 0) is 12.8 Å². The molecule has 200 valence electrons. The maximum Gasteiger partial charge on any atom is 0.0718 e. The lowest BCUT2D eigenvalue weighted by molar-refractivity contribution is 0.863. The third-order valence-corrected chi connectivity index (χ3v) is 7.39. The number of nitrogens with one attached hydrogen (secondary N) is 3. The molecular formula is C36H36N4. The largest absolute Gasteiger partial charge is 0.385 e. The Hall–Kier alpha value is -4.70. The molecule has 6 rings (SSSR count). The standard InChI is InChI=1S/C36H36N4/c1-4-12-28(13-5-1)16-10-24-37-30-20-22-33-35(26-30)40(32-18-8-3-9-19-32)36-27-31(21-23-34(36)39-33)38-25-11-17-29-14-6-2-7-15-29/h1-9,12-15,18-23,26-27,37-39H,10-11,16-17,24-25H2. The number of nitrogens with zero attached hydrogens (tertiary/aromatic N) is 1. The van der Waals surface area contributed by atoms with E-state index in [2.05, 4.69) is 148 Å². The van der Waals surface area contributed by atoms with Gasteiger partial charge in [-0.25, -0.2) is 0 Å². The van der Waals surface area contributed by atoms with Crippen molar-refractivity contribution in [3.63, 3.8) is 0 Å². The highest BCUT2D eigenvalue weighted by Crippen LogP contribution is 2.49. The Balaban J connectivity index is 1.19. The monoisotopic (exact) mass is 524 g/mol. The van der Waals surface area contributed by atoms with Crippen molar-refractivity contribution in [2.45, 2.75) is 25.7 Å². The first-order valence-corrected chi connectivity index (χ1v) is 14.3. The third-order valence-electron chi connectivity index (χ3n) is 7.39. The van der Waals surface area contributed by atoms with Gasteiger partial charge in [0.25, 0.3) is 0 Å². The summed E-state index contributed by atoms with van der Waals surface area (Å²) in [6, 6.07) is 45.3. The van der Waals surface area contributed by atoms with E-state index in [1.807, 2.05) is 0 Å². The van der Waals surface area contributed by atoms with Crippen molar-refractivity contribution < 1.29 is 0 Å². The fourth-order valence-corrected chi connectivity index (χ4v) is 5.33. The van der Waals surface area contributed by atoms with Gasteiger partial charge >= 0.3 is 0 Å². The maximum atomic E-state index is 3.67. The molecule has 0 aromatic heterocycles. The third kappa shape index (κ3) is 6.13. The Morgan fingerprint density at radius 3 is 1.43 bits per heavy atom. The zero-order chi connectivity index (χ0) is 27.0. The Labute approximate surface area is 237 Å². The number of aryl methyl sites for hydroxylation is 2. The van der Waals surface area contributed by atoms with Crippen LogP contribution >= 0.6 is 0 Å². The highest BCUT2D eigenvalue weighted by Gasteiger charge is 2.24. The van der Waals surface area contributed by atoms with E-state index in [0.29, 0.717) is 0 Å². The van der Waals surface area contributed by atoms with Crippen LogP contribution in [0.15, 0.2) is 127 Å². The number of para-hydroxylation sites is 1.